The van der Waals surface area contributed by atoms with Gasteiger partial charge in [0.2, 0.25) is 5.82 Å². The third-order valence-electron chi connectivity index (χ3n) is 2.65. The fraction of sp³-hybridized carbons (Fsp3) is 0.300. The van der Waals surface area contributed by atoms with E-state index in [1.54, 1.807) is 4.98 Å². The summed E-state index contributed by atoms with van der Waals surface area (Å²) >= 11 is 0. The molecule has 2 aromatic rings. The van der Waals surface area contributed by atoms with Gasteiger partial charge in [-0.15, -0.1) is 8.78 Å². The Morgan fingerprint density at radius 2 is 1.76 bits per heavy atom. The second-order valence-corrected chi connectivity index (χ2v) is 4.10. The van der Waals surface area contributed by atoms with E-state index in [4.69, 9.17) is 0 Å². The lowest BCUT2D eigenvalue weighted by Gasteiger charge is -2.30. The number of H-pyrrole nitrogens is 1. The molecule has 0 saturated carbocycles. The summed E-state index contributed by atoms with van der Waals surface area (Å²) in [4.78, 5) is 4.75. The van der Waals surface area contributed by atoms with E-state index in [9.17, 15) is 30.7 Å². The molecule has 0 atom stereocenters. The van der Waals surface area contributed by atoms with E-state index < -0.39 is 46.8 Å². The van der Waals surface area contributed by atoms with Gasteiger partial charge < -0.3 is 9.72 Å². The monoisotopic (exact) mass is 316 g/mol. The van der Waals surface area contributed by atoms with Crippen molar-refractivity contribution >= 4 is 11.0 Å². The van der Waals surface area contributed by atoms with Gasteiger partial charge in [0.05, 0.1) is 5.52 Å². The standard InChI is InChI=1S/C10H3F7N2O2/c11-8(12,13)7-18-3-1-2-4-5(6(3)19-7)9(14,15)21-10(16,17)20-4/h1-2H,(H,18,19). The van der Waals surface area contributed by atoms with E-state index in [1.807, 2.05) is 0 Å². The Labute approximate surface area is 110 Å². The van der Waals surface area contributed by atoms with Crippen LogP contribution in [0, 0.1) is 0 Å². The molecule has 1 aromatic heterocycles. The van der Waals surface area contributed by atoms with Gasteiger partial charge in [-0.25, -0.2) is 9.72 Å². The Balaban J connectivity index is 2.28. The lowest BCUT2D eigenvalue weighted by Crippen LogP contribution is -2.41. The third-order valence-corrected chi connectivity index (χ3v) is 2.65. The van der Waals surface area contributed by atoms with E-state index in [-0.39, 0.29) is 0 Å². The number of aromatic nitrogens is 2. The minimum atomic E-state index is -4.92. The Morgan fingerprint density at radius 1 is 1.10 bits per heavy atom. The van der Waals surface area contributed by atoms with Gasteiger partial charge in [0.15, 0.2) is 0 Å². The first-order valence-corrected chi connectivity index (χ1v) is 5.25. The van der Waals surface area contributed by atoms with E-state index in [1.165, 1.54) is 0 Å². The number of imidazole rings is 1. The minimum Gasteiger partial charge on any atom is -0.409 e. The average molecular weight is 316 g/mol. The van der Waals surface area contributed by atoms with Crippen LogP contribution in [-0.4, -0.2) is 16.3 Å². The van der Waals surface area contributed by atoms with Crippen LogP contribution in [-0.2, 0) is 17.0 Å². The number of nitrogens with one attached hydrogen (secondary N) is 1. The highest BCUT2D eigenvalue weighted by Gasteiger charge is 2.56. The zero-order valence-corrected chi connectivity index (χ0v) is 9.56. The van der Waals surface area contributed by atoms with Crippen LogP contribution in [0.3, 0.4) is 0 Å². The van der Waals surface area contributed by atoms with Gasteiger partial charge >= 0.3 is 18.6 Å². The van der Waals surface area contributed by atoms with Crippen LogP contribution in [0.4, 0.5) is 30.7 Å². The van der Waals surface area contributed by atoms with Crippen molar-refractivity contribution in [2.24, 2.45) is 0 Å². The van der Waals surface area contributed by atoms with Gasteiger partial charge in [-0.05, 0) is 12.1 Å². The fourth-order valence-electron chi connectivity index (χ4n) is 1.91. The summed E-state index contributed by atoms with van der Waals surface area (Å²) in [6, 6.07) is 1.55. The smallest absolute Gasteiger partial charge is 0.409 e. The number of alkyl halides is 7. The summed E-state index contributed by atoms with van der Waals surface area (Å²) in [6.45, 7) is 0. The van der Waals surface area contributed by atoms with Crippen molar-refractivity contribution in [3.8, 4) is 5.75 Å². The van der Waals surface area contributed by atoms with Crippen LogP contribution >= 0.6 is 0 Å². The molecule has 0 saturated heterocycles. The Morgan fingerprint density at radius 3 is 2.38 bits per heavy atom. The summed E-state index contributed by atoms with van der Waals surface area (Å²) < 4.78 is 97.5. The Bertz CT molecular complexity index is 722. The van der Waals surface area contributed by atoms with E-state index >= 15 is 0 Å². The van der Waals surface area contributed by atoms with Gasteiger partial charge in [0.25, 0.3) is 0 Å². The van der Waals surface area contributed by atoms with Crippen LogP contribution in [0.1, 0.15) is 11.4 Å². The molecule has 21 heavy (non-hydrogen) atoms. The summed E-state index contributed by atoms with van der Waals surface area (Å²) in [5, 5.41) is 0. The molecule has 1 aliphatic heterocycles. The quantitative estimate of drug-likeness (QED) is 0.756. The maximum absolute atomic E-state index is 13.6. The molecule has 0 amide bonds. The maximum atomic E-state index is 13.6. The van der Waals surface area contributed by atoms with Gasteiger partial charge in [0, 0.05) is 0 Å². The first kappa shape index (κ1) is 13.9. The van der Waals surface area contributed by atoms with Crippen molar-refractivity contribution in [2.75, 3.05) is 0 Å². The molecule has 2 heterocycles. The van der Waals surface area contributed by atoms with E-state index in [2.05, 4.69) is 14.5 Å². The molecule has 1 N–H and O–H groups in total. The lowest BCUT2D eigenvalue weighted by molar-refractivity contribution is -0.460. The van der Waals surface area contributed by atoms with Crippen LogP contribution in [0.25, 0.3) is 11.0 Å². The Hall–Kier alpha value is -2.04. The summed E-state index contributed by atoms with van der Waals surface area (Å²) in [5.74, 6) is -2.55. The molecule has 4 nitrogen and oxygen atoms in total. The van der Waals surface area contributed by atoms with E-state index in [0.29, 0.717) is 6.07 Å². The topological polar surface area (TPSA) is 47.1 Å². The second kappa shape index (κ2) is 3.78. The van der Waals surface area contributed by atoms with Gasteiger partial charge in [0.1, 0.15) is 16.8 Å². The van der Waals surface area contributed by atoms with E-state index in [0.717, 1.165) is 6.07 Å². The molecule has 1 aliphatic rings. The van der Waals surface area contributed by atoms with Crippen LogP contribution in [0.15, 0.2) is 12.1 Å². The number of hydrogen-bond acceptors (Lipinski definition) is 3. The lowest BCUT2D eigenvalue weighted by atomic mass is 10.1. The van der Waals surface area contributed by atoms with Crippen LogP contribution in [0.2, 0.25) is 0 Å². The zero-order chi connectivity index (χ0) is 15.6. The molecule has 0 bridgehead atoms. The molecular weight excluding hydrogens is 313 g/mol. The van der Waals surface area contributed by atoms with Crippen molar-refractivity contribution in [2.45, 2.75) is 18.6 Å². The number of halogens is 7. The molecular formula is C10H3F7N2O2. The maximum Gasteiger partial charge on any atom is 0.540 e. The highest BCUT2D eigenvalue weighted by molar-refractivity contribution is 5.82. The molecule has 0 unspecified atom stereocenters. The van der Waals surface area contributed by atoms with Gasteiger partial charge in [-0.1, -0.05) is 0 Å². The number of nitrogens with zero attached hydrogens (tertiary/aromatic N) is 1. The molecule has 0 fully saturated rings. The van der Waals surface area contributed by atoms with Gasteiger partial charge in [-0.3, -0.25) is 0 Å². The SMILES string of the molecule is FC1(F)Oc2ccc3[nH]c(C(F)(F)F)nc3c2C(F)(F)O1. The third kappa shape index (κ3) is 2.17. The first-order chi connectivity index (χ1) is 9.50. The normalized spacial score (nSPS) is 20.1. The number of hydrogen-bond donors (Lipinski definition) is 1. The zero-order valence-electron chi connectivity index (χ0n) is 9.56. The fourth-order valence-corrected chi connectivity index (χ4v) is 1.91. The van der Waals surface area contributed by atoms with Crippen molar-refractivity contribution in [3.63, 3.8) is 0 Å². The molecule has 0 aliphatic carbocycles. The summed E-state index contributed by atoms with van der Waals surface area (Å²) in [7, 11) is 0. The average Bonchev–Trinajstić information content (AvgIpc) is 2.67. The van der Waals surface area contributed by atoms with Crippen molar-refractivity contribution in [1.82, 2.24) is 9.97 Å². The largest absolute Gasteiger partial charge is 0.540 e. The number of fused-ring (bicyclic) bond motifs is 3. The second-order valence-electron chi connectivity index (χ2n) is 4.10. The first-order valence-electron chi connectivity index (χ1n) is 5.25. The number of ether oxygens (including phenoxy) is 2. The van der Waals surface area contributed by atoms with Crippen molar-refractivity contribution < 1.29 is 40.2 Å². The van der Waals surface area contributed by atoms with Gasteiger partial charge in [-0.2, -0.15) is 22.0 Å². The predicted molar refractivity (Wildman–Crippen MR) is 51.6 cm³/mol. The molecule has 0 radical (unpaired) electrons. The van der Waals surface area contributed by atoms with Crippen LogP contribution < -0.4 is 4.74 Å². The molecule has 1 aromatic carbocycles. The highest BCUT2D eigenvalue weighted by Crippen LogP contribution is 2.48. The number of aromatic amines is 1. The van der Waals surface area contributed by atoms with Crippen molar-refractivity contribution in [1.29, 1.82) is 0 Å². The highest BCUT2D eigenvalue weighted by atomic mass is 19.4. The van der Waals surface area contributed by atoms with Crippen LogP contribution in [0.5, 0.6) is 5.75 Å². The number of benzene rings is 1. The van der Waals surface area contributed by atoms with Crippen molar-refractivity contribution in [3.05, 3.63) is 23.5 Å². The number of rotatable bonds is 0. The predicted octanol–water partition coefficient (Wildman–Crippen LogP) is 3.59. The minimum absolute atomic E-state index is 0.418. The molecule has 0 spiro atoms. The Kier molecular flexibility index (Phi) is 2.51. The molecule has 11 heteroatoms. The molecule has 3 rings (SSSR count). The molecule has 114 valence electrons. The summed E-state index contributed by atoms with van der Waals surface area (Å²) in [5.41, 5.74) is -2.57. The summed E-state index contributed by atoms with van der Waals surface area (Å²) in [6.07, 6.45) is -14.1.